The molecule has 92 valence electrons. The van der Waals surface area contributed by atoms with Crippen LogP contribution in [-0.4, -0.2) is 27.5 Å². The Morgan fingerprint density at radius 2 is 2.00 bits per heavy atom. The van der Waals surface area contributed by atoms with Crippen molar-refractivity contribution in [1.82, 2.24) is 4.98 Å². The van der Waals surface area contributed by atoms with Crippen LogP contribution in [0.5, 0.6) is 0 Å². The van der Waals surface area contributed by atoms with E-state index in [4.69, 9.17) is 4.74 Å². The van der Waals surface area contributed by atoms with Crippen molar-refractivity contribution in [1.29, 1.82) is 0 Å². The summed E-state index contributed by atoms with van der Waals surface area (Å²) in [5, 5.41) is 10.4. The zero-order valence-electron chi connectivity index (χ0n) is 10.4. The van der Waals surface area contributed by atoms with Gasteiger partial charge in [-0.05, 0) is 39.8 Å². The minimum absolute atomic E-state index is 0.394. The average Bonchev–Trinajstić information content (AvgIpc) is 2.31. The minimum Gasteiger partial charge on any atom is -0.438 e. The third kappa shape index (κ3) is 1.67. The van der Waals surface area contributed by atoms with Gasteiger partial charge in [-0.2, -0.15) is 0 Å². The smallest absolute Gasteiger partial charge is 0.418 e. The second kappa shape index (κ2) is 3.43. The number of anilines is 1. The van der Waals surface area contributed by atoms with Gasteiger partial charge in [-0.1, -0.05) is 6.07 Å². The number of ether oxygens (including phenoxy) is 1. The van der Waals surface area contributed by atoms with Gasteiger partial charge in [0.15, 0.2) is 11.3 Å². The van der Waals surface area contributed by atoms with Crippen molar-refractivity contribution in [2.24, 2.45) is 0 Å². The van der Waals surface area contributed by atoms with E-state index in [1.54, 1.807) is 32.9 Å². The number of carbonyl (C=O) groups is 1. The second-order valence-electron chi connectivity index (χ2n) is 4.87. The summed E-state index contributed by atoms with van der Waals surface area (Å²) in [4.78, 5) is 17.2. The Morgan fingerprint density at radius 1 is 1.35 bits per heavy atom. The average molecular weight is 236 g/mol. The molecule has 0 aromatic carbocycles. The third-order valence-electron chi connectivity index (χ3n) is 3.20. The summed E-state index contributed by atoms with van der Waals surface area (Å²) in [7, 11) is 0. The largest absolute Gasteiger partial charge is 0.438 e. The quantitative estimate of drug-likeness (QED) is 0.808. The van der Waals surface area contributed by atoms with E-state index in [-0.39, 0.29) is 0 Å². The zero-order chi connectivity index (χ0) is 12.8. The highest BCUT2D eigenvalue weighted by molar-refractivity contribution is 5.90. The van der Waals surface area contributed by atoms with E-state index in [1.165, 1.54) is 4.90 Å². The number of aryl methyl sites for hydroxylation is 1. The van der Waals surface area contributed by atoms with Crippen LogP contribution < -0.4 is 4.90 Å². The molecular weight excluding hydrogens is 220 g/mol. The van der Waals surface area contributed by atoms with E-state index < -0.39 is 17.4 Å². The maximum Gasteiger partial charge on any atom is 0.418 e. The highest BCUT2D eigenvalue weighted by atomic mass is 16.6. The number of hydrogen-bond acceptors (Lipinski definition) is 4. The first-order chi connectivity index (χ1) is 7.75. The van der Waals surface area contributed by atoms with Gasteiger partial charge in [0.1, 0.15) is 5.82 Å². The number of amides is 1. The van der Waals surface area contributed by atoms with Gasteiger partial charge in [-0.3, -0.25) is 0 Å². The predicted molar refractivity (Wildman–Crippen MR) is 62.6 cm³/mol. The summed E-state index contributed by atoms with van der Waals surface area (Å²) in [6.45, 7) is 6.70. The maximum atomic E-state index is 11.8. The lowest BCUT2D eigenvalue weighted by molar-refractivity contribution is -0.0725. The number of cyclic esters (lactones) is 1. The van der Waals surface area contributed by atoms with Crippen molar-refractivity contribution in [3.8, 4) is 0 Å². The molecule has 5 heteroatoms. The Balaban J connectivity index is 2.49. The molecule has 1 saturated heterocycles. The summed E-state index contributed by atoms with van der Waals surface area (Å²) >= 11 is 0. The van der Waals surface area contributed by atoms with Crippen LogP contribution in [-0.2, 0) is 4.74 Å². The number of aromatic nitrogens is 1. The molecule has 17 heavy (non-hydrogen) atoms. The standard InChI is InChI=1S/C12H16N2O3/c1-8-6-5-7-9(13-8)14-10(15)17-11(2,3)12(14,4)16/h5-7,16H,1-4H3. The topological polar surface area (TPSA) is 62.7 Å². The van der Waals surface area contributed by atoms with Crippen LogP contribution in [0, 0.1) is 6.92 Å². The second-order valence-corrected chi connectivity index (χ2v) is 4.87. The third-order valence-corrected chi connectivity index (χ3v) is 3.20. The zero-order valence-corrected chi connectivity index (χ0v) is 10.4. The fourth-order valence-electron chi connectivity index (χ4n) is 1.78. The Morgan fingerprint density at radius 3 is 2.47 bits per heavy atom. The first-order valence-corrected chi connectivity index (χ1v) is 5.45. The summed E-state index contributed by atoms with van der Waals surface area (Å²) in [5.74, 6) is 0.394. The maximum absolute atomic E-state index is 11.8. The number of nitrogens with zero attached hydrogens (tertiary/aromatic N) is 2. The Bertz CT molecular complexity index is 469. The van der Waals surface area contributed by atoms with Gasteiger partial charge in [0.05, 0.1) is 0 Å². The van der Waals surface area contributed by atoms with Gasteiger partial charge >= 0.3 is 6.09 Å². The Labute approximate surface area is 100 Å². The van der Waals surface area contributed by atoms with Gasteiger partial charge in [0.2, 0.25) is 0 Å². The molecule has 0 aliphatic carbocycles. The molecule has 2 rings (SSSR count). The van der Waals surface area contributed by atoms with Gasteiger partial charge in [-0.15, -0.1) is 0 Å². The first kappa shape index (κ1) is 11.9. The molecule has 1 N–H and O–H groups in total. The number of carbonyl (C=O) groups excluding carboxylic acids is 1. The molecule has 1 aromatic heterocycles. The van der Waals surface area contributed by atoms with Crippen LogP contribution in [0.25, 0.3) is 0 Å². The molecule has 0 radical (unpaired) electrons. The Hall–Kier alpha value is -1.62. The van der Waals surface area contributed by atoms with Crippen molar-refractivity contribution in [2.45, 2.75) is 39.0 Å². The van der Waals surface area contributed by atoms with E-state index in [1.807, 2.05) is 13.0 Å². The highest BCUT2D eigenvalue weighted by Gasteiger charge is 2.57. The fraction of sp³-hybridized carbons (Fsp3) is 0.500. The van der Waals surface area contributed by atoms with Gasteiger partial charge in [0, 0.05) is 5.69 Å². The van der Waals surface area contributed by atoms with Crippen LogP contribution in [0.1, 0.15) is 26.5 Å². The molecule has 1 atom stereocenters. The molecule has 1 fully saturated rings. The van der Waals surface area contributed by atoms with E-state index in [9.17, 15) is 9.90 Å². The summed E-state index contributed by atoms with van der Waals surface area (Å²) in [6.07, 6.45) is -0.585. The summed E-state index contributed by atoms with van der Waals surface area (Å²) in [6, 6.07) is 5.28. The SMILES string of the molecule is Cc1cccc(N2C(=O)OC(C)(C)C2(C)O)n1. The van der Waals surface area contributed by atoms with Gasteiger partial charge in [0.25, 0.3) is 0 Å². The van der Waals surface area contributed by atoms with Crippen LogP contribution in [0.4, 0.5) is 10.6 Å². The minimum atomic E-state index is -1.43. The van der Waals surface area contributed by atoms with Crippen molar-refractivity contribution >= 4 is 11.9 Å². The van der Waals surface area contributed by atoms with Crippen LogP contribution in [0.15, 0.2) is 18.2 Å². The summed E-state index contributed by atoms with van der Waals surface area (Å²) < 4.78 is 5.17. The van der Waals surface area contributed by atoms with Crippen molar-refractivity contribution in [3.63, 3.8) is 0 Å². The molecule has 1 aliphatic heterocycles. The molecule has 1 aromatic rings. The van der Waals surface area contributed by atoms with E-state index in [0.29, 0.717) is 5.82 Å². The molecule has 5 nitrogen and oxygen atoms in total. The highest BCUT2D eigenvalue weighted by Crippen LogP contribution is 2.39. The molecular formula is C12H16N2O3. The van der Waals surface area contributed by atoms with Crippen molar-refractivity contribution in [3.05, 3.63) is 23.9 Å². The number of pyridine rings is 1. The lowest BCUT2D eigenvalue weighted by Crippen LogP contribution is -2.54. The van der Waals surface area contributed by atoms with Crippen LogP contribution in [0.2, 0.25) is 0 Å². The Kier molecular flexibility index (Phi) is 2.39. The monoisotopic (exact) mass is 236 g/mol. The lowest BCUT2D eigenvalue weighted by Gasteiger charge is -2.34. The fourth-order valence-corrected chi connectivity index (χ4v) is 1.78. The van der Waals surface area contributed by atoms with Crippen LogP contribution in [0.3, 0.4) is 0 Å². The predicted octanol–water partition coefficient (Wildman–Crippen LogP) is 1.83. The summed E-state index contributed by atoms with van der Waals surface area (Å²) in [5.41, 5.74) is -1.63. The first-order valence-electron chi connectivity index (χ1n) is 5.45. The van der Waals surface area contributed by atoms with E-state index in [0.717, 1.165) is 5.69 Å². The molecule has 1 aliphatic rings. The van der Waals surface area contributed by atoms with Crippen molar-refractivity contribution in [2.75, 3.05) is 4.90 Å². The number of hydrogen-bond donors (Lipinski definition) is 1. The molecule has 1 amide bonds. The lowest BCUT2D eigenvalue weighted by atomic mass is 9.96. The van der Waals surface area contributed by atoms with Gasteiger partial charge < -0.3 is 9.84 Å². The van der Waals surface area contributed by atoms with Crippen molar-refractivity contribution < 1.29 is 14.6 Å². The van der Waals surface area contributed by atoms with E-state index in [2.05, 4.69) is 4.98 Å². The number of rotatable bonds is 1. The molecule has 1 unspecified atom stereocenters. The van der Waals surface area contributed by atoms with Gasteiger partial charge in [-0.25, -0.2) is 14.7 Å². The molecule has 0 spiro atoms. The molecule has 0 saturated carbocycles. The van der Waals surface area contributed by atoms with E-state index >= 15 is 0 Å². The molecule has 0 bridgehead atoms. The van der Waals surface area contributed by atoms with Crippen LogP contribution >= 0.6 is 0 Å². The number of aliphatic hydroxyl groups is 1. The molecule has 2 heterocycles. The normalized spacial score (nSPS) is 27.1.